The third kappa shape index (κ3) is 4.56. The highest BCUT2D eigenvalue weighted by Crippen LogP contribution is 2.23. The molecule has 0 fully saturated rings. The van der Waals surface area contributed by atoms with E-state index in [1.807, 2.05) is 25.1 Å². The van der Waals surface area contributed by atoms with E-state index in [-0.39, 0.29) is 11.9 Å². The fourth-order valence-electron chi connectivity index (χ4n) is 2.20. The number of nitrogens with two attached hydrogens (primary N) is 1. The van der Waals surface area contributed by atoms with Gasteiger partial charge in [-0.2, -0.15) is 0 Å². The molecular formula is C17H21FN2S. The highest BCUT2D eigenvalue weighted by Gasteiger charge is 2.11. The molecule has 2 aromatic carbocycles. The van der Waals surface area contributed by atoms with Gasteiger partial charge >= 0.3 is 0 Å². The van der Waals surface area contributed by atoms with Crippen LogP contribution in [0.2, 0.25) is 0 Å². The van der Waals surface area contributed by atoms with Gasteiger partial charge in [0.1, 0.15) is 5.82 Å². The number of hydrogen-bond donors (Lipinski definition) is 2. The summed E-state index contributed by atoms with van der Waals surface area (Å²) < 4.78 is 13.3. The molecule has 112 valence electrons. The SMILES string of the molecule is Cc1ccc(F)cc1CC(CSc1ccccc1C)NN. The first kappa shape index (κ1) is 16.0. The molecule has 0 aliphatic rings. The minimum Gasteiger partial charge on any atom is -0.271 e. The van der Waals surface area contributed by atoms with Crippen LogP contribution in [0.4, 0.5) is 4.39 Å². The van der Waals surface area contributed by atoms with E-state index in [4.69, 9.17) is 5.84 Å². The van der Waals surface area contributed by atoms with Crippen molar-refractivity contribution in [3.8, 4) is 0 Å². The molecule has 0 aliphatic heterocycles. The van der Waals surface area contributed by atoms with Crippen molar-refractivity contribution in [2.24, 2.45) is 5.84 Å². The summed E-state index contributed by atoms with van der Waals surface area (Å²) in [5.74, 6) is 6.30. The Kier molecular flexibility index (Phi) is 5.79. The Morgan fingerprint density at radius 3 is 2.62 bits per heavy atom. The second kappa shape index (κ2) is 7.59. The molecular weight excluding hydrogens is 283 g/mol. The van der Waals surface area contributed by atoms with Crippen LogP contribution >= 0.6 is 11.8 Å². The first-order chi connectivity index (χ1) is 10.1. The summed E-state index contributed by atoms with van der Waals surface area (Å²) in [4.78, 5) is 1.26. The molecule has 2 aromatic rings. The number of rotatable bonds is 6. The lowest BCUT2D eigenvalue weighted by Gasteiger charge is -2.17. The smallest absolute Gasteiger partial charge is 0.123 e. The zero-order valence-corrected chi connectivity index (χ0v) is 13.2. The molecule has 0 spiro atoms. The first-order valence-electron chi connectivity index (χ1n) is 6.99. The van der Waals surface area contributed by atoms with Crippen molar-refractivity contribution < 1.29 is 4.39 Å². The summed E-state index contributed by atoms with van der Waals surface area (Å²) in [7, 11) is 0. The molecule has 0 bridgehead atoms. The van der Waals surface area contributed by atoms with Crippen LogP contribution in [0.3, 0.4) is 0 Å². The minimum absolute atomic E-state index is 0.107. The number of aryl methyl sites for hydroxylation is 2. The summed E-state index contributed by atoms with van der Waals surface area (Å²) >= 11 is 1.77. The molecule has 4 heteroatoms. The molecule has 0 saturated heterocycles. The molecule has 0 radical (unpaired) electrons. The second-order valence-corrected chi connectivity index (χ2v) is 6.28. The third-order valence-corrected chi connectivity index (χ3v) is 4.88. The molecule has 1 unspecified atom stereocenters. The van der Waals surface area contributed by atoms with E-state index in [9.17, 15) is 4.39 Å². The Balaban J connectivity index is 2.00. The fraction of sp³-hybridized carbons (Fsp3) is 0.294. The van der Waals surface area contributed by atoms with Gasteiger partial charge in [0.2, 0.25) is 0 Å². The van der Waals surface area contributed by atoms with Crippen LogP contribution in [0.15, 0.2) is 47.4 Å². The molecule has 0 amide bonds. The average Bonchev–Trinajstić information content (AvgIpc) is 2.48. The lowest BCUT2D eigenvalue weighted by Crippen LogP contribution is -2.38. The number of nitrogens with one attached hydrogen (secondary N) is 1. The Morgan fingerprint density at radius 1 is 1.14 bits per heavy atom. The molecule has 3 N–H and O–H groups in total. The van der Waals surface area contributed by atoms with E-state index in [1.54, 1.807) is 17.8 Å². The minimum atomic E-state index is -0.196. The second-order valence-electron chi connectivity index (χ2n) is 5.22. The van der Waals surface area contributed by atoms with Crippen molar-refractivity contribution in [1.29, 1.82) is 0 Å². The lowest BCUT2D eigenvalue weighted by atomic mass is 10.0. The summed E-state index contributed by atoms with van der Waals surface area (Å²) in [6.45, 7) is 4.10. The summed E-state index contributed by atoms with van der Waals surface area (Å²) in [5.41, 5.74) is 6.21. The van der Waals surface area contributed by atoms with Crippen molar-refractivity contribution in [1.82, 2.24) is 5.43 Å². The molecule has 0 aliphatic carbocycles. The van der Waals surface area contributed by atoms with Crippen LogP contribution in [0.1, 0.15) is 16.7 Å². The van der Waals surface area contributed by atoms with Crippen LogP contribution in [0.25, 0.3) is 0 Å². The number of benzene rings is 2. The number of hydrogen-bond acceptors (Lipinski definition) is 3. The Bertz CT molecular complexity index is 601. The summed E-state index contributed by atoms with van der Waals surface area (Å²) in [6, 6.07) is 13.3. The van der Waals surface area contributed by atoms with E-state index in [2.05, 4.69) is 24.5 Å². The third-order valence-electron chi connectivity index (χ3n) is 3.55. The normalized spacial score (nSPS) is 12.4. The van der Waals surface area contributed by atoms with E-state index in [1.165, 1.54) is 16.5 Å². The quantitative estimate of drug-likeness (QED) is 0.486. The van der Waals surface area contributed by atoms with Crippen molar-refractivity contribution in [3.05, 3.63) is 65.0 Å². The van der Waals surface area contributed by atoms with Gasteiger partial charge in [-0.3, -0.25) is 11.3 Å². The van der Waals surface area contributed by atoms with Gasteiger partial charge in [0.15, 0.2) is 0 Å². The van der Waals surface area contributed by atoms with E-state index in [0.29, 0.717) is 0 Å². The molecule has 0 saturated carbocycles. The Hall–Kier alpha value is -1.36. The Morgan fingerprint density at radius 2 is 1.90 bits per heavy atom. The maximum atomic E-state index is 13.3. The molecule has 0 aromatic heterocycles. The lowest BCUT2D eigenvalue weighted by molar-refractivity contribution is 0.569. The Labute approximate surface area is 129 Å². The van der Waals surface area contributed by atoms with Crippen molar-refractivity contribution in [2.45, 2.75) is 31.2 Å². The van der Waals surface area contributed by atoms with Crippen molar-refractivity contribution in [2.75, 3.05) is 5.75 Å². The van der Waals surface area contributed by atoms with Crippen molar-refractivity contribution >= 4 is 11.8 Å². The summed E-state index contributed by atoms with van der Waals surface area (Å²) in [5, 5.41) is 0. The molecule has 21 heavy (non-hydrogen) atoms. The molecule has 0 heterocycles. The van der Waals surface area contributed by atoms with E-state index >= 15 is 0 Å². The van der Waals surface area contributed by atoms with Crippen LogP contribution in [0, 0.1) is 19.7 Å². The van der Waals surface area contributed by atoms with Gasteiger partial charge in [-0.1, -0.05) is 24.3 Å². The zero-order chi connectivity index (χ0) is 15.2. The van der Waals surface area contributed by atoms with E-state index in [0.717, 1.165) is 23.3 Å². The predicted octanol–water partition coefficient (Wildman–Crippen LogP) is 3.61. The van der Waals surface area contributed by atoms with Crippen LogP contribution in [-0.4, -0.2) is 11.8 Å². The molecule has 1 atom stereocenters. The zero-order valence-electron chi connectivity index (χ0n) is 12.4. The standard InChI is InChI=1S/C17H21FN2S/c1-12-7-8-15(18)9-14(12)10-16(20-19)11-21-17-6-4-3-5-13(17)2/h3-9,16,20H,10-11,19H2,1-2H3. The van der Waals surface area contributed by atoms with Gasteiger partial charge in [0.25, 0.3) is 0 Å². The van der Waals surface area contributed by atoms with Crippen LogP contribution in [0.5, 0.6) is 0 Å². The van der Waals surface area contributed by atoms with E-state index < -0.39 is 0 Å². The van der Waals surface area contributed by atoms with Gasteiger partial charge < -0.3 is 0 Å². The number of thioether (sulfide) groups is 1. The van der Waals surface area contributed by atoms with Gasteiger partial charge in [0.05, 0.1) is 0 Å². The monoisotopic (exact) mass is 304 g/mol. The topological polar surface area (TPSA) is 38.0 Å². The molecule has 2 nitrogen and oxygen atoms in total. The number of hydrazine groups is 1. The number of halogens is 1. The largest absolute Gasteiger partial charge is 0.271 e. The van der Waals surface area contributed by atoms with Gasteiger partial charge in [0, 0.05) is 16.7 Å². The fourth-order valence-corrected chi connectivity index (χ4v) is 3.27. The van der Waals surface area contributed by atoms with Gasteiger partial charge in [-0.15, -0.1) is 11.8 Å². The van der Waals surface area contributed by atoms with Crippen molar-refractivity contribution in [3.63, 3.8) is 0 Å². The van der Waals surface area contributed by atoms with Gasteiger partial charge in [-0.05, 0) is 55.2 Å². The van der Waals surface area contributed by atoms with Crippen LogP contribution in [-0.2, 0) is 6.42 Å². The van der Waals surface area contributed by atoms with Crippen LogP contribution < -0.4 is 11.3 Å². The summed E-state index contributed by atoms with van der Waals surface area (Å²) in [6.07, 6.45) is 0.721. The first-order valence-corrected chi connectivity index (χ1v) is 7.98. The molecule has 2 rings (SSSR count). The van der Waals surface area contributed by atoms with Gasteiger partial charge in [-0.25, -0.2) is 4.39 Å². The maximum absolute atomic E-state index is 13.3. The predicted molar refractivity (Wildman–Crippen MR) is 87.9 cm³/mol. The average molecular weight is 304 g/mol. The maximum Gasteiger partial charge on any atom is 0.123 e. The highest BCUT2D eigenvalue weighted by atomic mass is 32.2. The highest BCUT2D eigenvalue weighted by molar-refractivity contribution is 7.99.